The van der Waals surface area contributed by atoms with E-state index in [1.165, 1.54) is 34.8 Å². The number of nitrogens with zero attached hydrogens (tertiary/aromatic N) is 1. The Bertz CT molecular complexity index is 1510. The van der Waals surface area contributed by atoms with Gasteiger partial charge in [0.15, 0.2) is 0 Å². The quantitative estimate of drug-likeness (QED) is 0.276. The molecule has 0 aliphatic heterocycles. The first-order valence-corrected chi connectivity index (χ1v) is 11.9. The predicted octanol–water partition coefficient (Wildman–Crippen LogP) is 6.97. The van der Waals surface area contributed by atoms with Crippen molar-refractivity contribution in [3.05, 3.63) is 87.4 Å². The van der Waals surface area contributed by atoms with Crippen molar-refractivity contribution in [2.75, 3.05) is 5.73 Å². The minimum atomic E-state index is -0.360. The highest BCUT2D eigenvalue weighted by molar-refractivity contribution is 7.21. The van der Waals surface area contributed by atoms with Crippen molar-refractivity contribution in [2.45, 2.75) is 13.8 Å². The van der Waals surface area contributed by atoms with E-state index in [0.29, 0.717) is 27.4 Å². The van der Waals surface area contributed by atoms with Gasteiger partial charge in [-0.25, -0.2) is 9.37 Å². The van der Waals surface area contributed by atoms with Crippen molar-refractivity contribution in [2.24, 2.45) is 0 Å². The van der Waals surface area contributed by atoms with Crippen molar-refractivity contribution in [3.8, 4) is 27.4 Å². The van der Waals surface area contributed by atoms with E-state index < -0.39 is 0 Å². The van der Waals surface area contributed by atoms with Crippen LogP contribution in [0.3, 0.4) is 0 Å². The van der Waals surface area contributed by atoms with E-state index in [4.69, 9.17) is 5.73 Å². The van der Waals surface area contributed by atoms with Crippen LogP contribution in [-0.4, -0.2) is 15.9 Å². The summed E-state index contributed by atoms with van der Waals surface area (Å²) >= 11 is 2.80. The van der Waals surface area contributed by atoms with Gasteiger partial charge in [0.1, 0.15) is 22.4 Å². The number of aromatic nitrogens is 1. The summed E-state index contributed by atoms with van der Waals surface area (Å²) in [7, 11) is 0. The summed E-state index contributed by atoms with van der Waals surface area (Å²) in [5.41, 5.74) is 10.1. The minimum absolute atomic E-state index is 0.139. The summed E-state index contributed by atoms with van der Waals surface area (Å²) in [5, 5.41) is 13.5. The number of halogens is 1. The van der Waals surface area contributed by atoms with E-state index in [0.717, 1.165) is 31.8 Å². The van der Waals surface area contributed by atoms with Gasteiger partial charge in [0.2, 0.25) is 5.78 Å². The van der Waals surface area contributed by atoms with Crippen LogP contribution in [0, 0.1) is 19.7 Å². The van der Waals surface area contributed by atoms with E-state index >= 15 is 0 Å². The lowest BCUT2D eigenvalue weighted by Gasteiger charge is -2.11. The Morgan fingerprint density at radius 1 is 1.00 bits per heavy atom. The maximum atomic E-state index is 13.9. The number of hydrogen-bond donors (Lipinski definition) is 2. The Morgan fingerprint density at radius 3 is 2.30 bits per heavy atom. The number of carbonyl (C=O) groups excluding carboxylic acids is 1. The van der Waals surface area contributed by atoms with E-state index in [-0.39, 0.29) is 17.3 Å². The molecular weight excluding hydrogens is 455 g/mol. The molecule has 33 heavy (non-hydrogen) atoms. The van der Waals surface area contributed by atoms with Gasteiger partial charge in [0, 0.05) is 32.2 Å². The van der Waals surface area contributed by atoms with E-state index in [2.05, 4.69) is 4.98 Å². The molecule has 3 aromatic carbocycles. The van der Waals surface area contributed by atoms with E-state index in [1.807, 2.05) is 30.3 Å². The van der Waals surface area contributed by atoms with E-state index in [9.17, 15) is 14.3 Å². The zero-order valence-corrected chi connectivity index (χ0v) is 19.5. The number of ketones is 1. The third-order valence-electron chi connectivity index (χ3n) is 5.55. The molecule has 164 valence electrons. The Morgan fingerprint density at radius 2 is 1.67 bits per heavy atom. The van der Waals surface area contributed by atoms with Crippen molar-refractivity contribution in [3.63, 3.8) is 0 Å². The average Bonchev–Trinajstić information content (AvgIpc) is 3.36. The van der Waals surface area contributed by atoms with Gasteiger partial charge in [-0.3, -0.25) is 4.79 Å². The van der Waals surface area contributed by atoms with Gasteiger partial charge in [-0.05, 0) is 60.9 Å². The number of phenols is 1. The first kappa shape index (κ1) is 21.3. The number of benzene rings is 3. The molecule has 0 radical (unpaired) electrons. The molecule has 2 aromatic heterocycles. The number of rotatable bonds is 4. The molecule has 5 aromatic rings. The molecule has 3 N–H and O–H groups in total. The molecule has 0 fully saturated rings. The lowest BCUT2D eigenvalue weighted by molar-refractivity contribution is 0.104. The van der Waals surface area contributed by atoms with Gasteiger partial charge in [-0.15, -0.1) is 22.7 Å². The second kappa shape index (κ2) is 8.10. The molecule has 0 bridgehead atoms. The summed E-state index contributed by atoms with van der Waals surface area (Å²) in [5.74, 6) is 0.111. The number of nitrogens with two attached hydrogens (primary N) is 1. The molecule has 5 rings (SSSR count). The molecule has 0 aliphatic carbocycles. The monoisotopic (exact) mass is 474 g/mol. The fraction of sp³-hybridized carbons (Fsp3) is 0.0769. The van der Waals surface area contributed by atoms with Gasteiger partial charge < -0.3 is 10.8 Å². The molecule has 4 nitrogen and oxygen atoms in total. The molecule has 2 heterocycles. The fourth-order valence-corrected chi connectivity index (χ4v) is 6.03. The largest absolute Gasteiger partial charge is 0.508 e. The first-order valence-electron chi connectivity index (χ1n) is 10.2. The first-order chi connectivity index (χ1) is 15.8. The van der Waals surface area contributed by atoms with Gasteiger partial charge in [0.05, 0.1) is 4.88 Å². The van der Waals surface area contributed by atoms with Crippen LogP contribution < -0.4 is 5.73 Å². The lowest BCUT2D eigenvalue weighted by Crippen LogP contribution is -2.06. The molecule has 7 heteroatoms. The number of carbonyl (C=O) groups is 1. The van der Waals surface area contributed by atoms with Gasteiger partial charge >= 0.3 is 0 Å². The molecule has 0 unspecified atom stereocenters. The average molecular weight is 475 g/mol. The summed E-state index contributed by atoms with van der Waals surface area (Å²) in [6, 6.07) is 15.7. The standard InChI is InChI=1S/C26H19FN2O2S2/c1-13-9-17(27)10-14(2)22(13)24(31)25-23(19-8-7-18(30)11-20(19)33-25)15-3-5-16(6-4-15)26-29-21(28)12-32-26/h3-12,30H,28H2,1-2H3. The molecular formula is C26H19FN2O2S2. The Kier molecular flexibility index (Phi) is 5.23. The number of thiophene rings is 1. The predicted molar refractivity (Wildman–Crippen MR) is 134 cm³/mol. The molecule has 0 aliphatic rings. The zero-order valence-electron chi connectivity index (χ0n) is 17.8. The van der Waals surface area contributed by atoms with Gasteiger partial charge in [-0.1, -0.05) is 24.3 Å². The minimum Gasteiger partial charge on any atom is -0.508 e. The normalized spacial score (nSPS) is 11.2. The Balaban J connectivity index is 1.69. The SMILES string of the molecule is Cc1cc(F)cc(C)c1C(=O)c1sc2cc(O)ccc2c1-c1ccc(-c2nc(N)cs2)cc1. The molecule has 0 spiro atoms. The number of phenolic OH excluding ortho intramolecular Hbond substituents is 1. The van der Waals surface area contributed by atoms with E-state index in [1.54, 1.807) is 31.4 Å². The van der Waals surface area contributed by atoms with Crippen LogP contribution in [0.1, 0.15) is 26.4 Å². The summed E-state index contributed by atoms with van der Waals surface area (Å²) in [4.78, 5) is 18.6. The topological polar surface area (TPSA) is 76.2 Å². The Labute approximate surface area is 197 Å². The summed E-state index contributed by atoms with van der Waals surface area (Å²) in [6.45, 7) is 3.49. The van der Waals surface area contributed by atoms with Gasteiger partial charge in [0.25, 0.3) is 0 Å². The van der Waals surface area contributed by atoms with Crippen molar-refractivity contribution < 1.29 is 14.3 Å². The van der Waals surface area contributed by atoms with Crippen LogP contribution in [0.15, 0.2) is 60.0 Å². The number of aryl methyl sites for hydroxylation is 2. The second-order valence-electron chi connectivity index (χ2n) is 7.89. The number of hydrogen-bond acceptors (Lipinski definition) is 6. The fourth-order valence-electron chi connectivity index (χ4n) is 4.11. The highest BCUT2D eigenvalue weighted by Gasteiger charge is 2.24. The van der Waals surface area contributed by atoms with Crippen LogP contribution in [0.4, 0.5) is 10.2 Å². The molecule has 0 amide bonds. The van der Waals surface area contributed by atoms with Crippen molar-refractivity contribution >= 4 is 44.4 Å². The highest BCUT2D eigenvalue weighted by atomic mass is 32.1. The van der Waals surface area contributed by atoms with Crippen LogP contribution in [-0.2, 0) is 0 Å². The molecule has 0 saturated heterocycles. The number of thiazole rings is 1. The number of anilines is 1. The zero-order chi connectivity index (χ0) is 23.3. The summed E-state index contributed by atoms with van der Waals surface area (Å²) in [6.07, 6.45) is 0. The third kappa shape index (κ3) is 3.79. The van der Waals surface area contributed by atoms with Crippen LogP contribution in [0.25, 0.3) is 31.8 Å². The lowest BCUT2D eigenvalue weighted by atomic mass is 9.93. The smallest absolute Gasteiger partial charge is 0.204 e. The maximum Gasteiger partial charge on any atom is 0.204 e. The molecule has 0 saturated carbocycles. The number of nitrogen functional groups attached to an aromatic ring is 1. The van der Waals surface area contributed by atoms with Gasteiger partial charge in [-0.2, -0.15) is 0 Å². The molecule has 0 atom stereocenters. The number of aromatic hydroxyl groups is 1. The van der Waals surface area contributed by atoms with Crippen LogP contribution in [0.5, 0.6) is 5.75 Å². The third-order valence-corrected chi connectivity index (χ3v) is 7.61. The summed E-state index contributed by atoms with van der Waals surface area (Å²) < 4.78 is 14.7. The van der Waals surface area contributed by atoms with Crippen molar-refractivity contribution in [1.82, 2.24) is 4.98 Å². The van der Waals surface area contributed by atoms with Crippen LogP contribution in [0.2, 0.25) is 0 Å². The highest BCUT2D eigenvalue weighted by Crippen LogP contribution is 2.42. The second-order valence-corrected chi connectivity index (χ2v) is 9.80. The Hall–Kier alpha value is -3.55. The maximum absolute atomic E-state index is 13.9. The van der Waals surface area contributed by atoms with Crippen LogP contribution >= 0.6 is 22.7 Å². The van der Waals surface area contributed by atoms with Crippen molar-refractivity contribution in [1.29, 1.82) is 0 Å². The number of fused-ring (bicyclic) bond motifs is 1.